The van der Waals surface area contributed by atoms with Gasteiger partial charge < -0.3 is 15.4 Å². The second-order valence-corrected chi connectivity index (χ2v) is 6.82. The molecule has 0 aliphatic carbocycles. The second kappa shape index (κ2) is 7.52. The number of unbranched alkanes of at least 4 members (excludes halogenated alkanes) is 1. The Morgan fingerprint density at radius 1 is 1.36 bits per heavy atom. The summed E-state index contributed by atoms with van der Waals surface area (Å²) in [6, 6.07) is 5.90. The summed E-state index contributed by atoms with van der Waals surface area (Å²) in [6.45, 7) is 12.4. The van der Waals surface area contributed by atoms with Crippen molar-refractivity contribution in [3.63, 3.8) is 0 Å². The summed E-state index contributed by atoms with van der Waals surface area (Å²) < 4.78 is 5.55. The number of carbonyl (C=O) groups excluding carboxylic acids is 1. The molecule has 0 aliphatic rings. The number of benzene rings is 1. The van der Waals surface area contributed by atoms with Crippen LogP contribution in [0.25, 0.3) is 0 Å². The van der Waals surface area contributed by atoms with Crippen LogP contribution in [0.4, 0.5) is 10.5 Å². The zero-order valence-electron chi connectivity index (χ0n) is 14.8. The Morgan fingerprint density at radius 2 is 2.00 bits per heavy atom. The molecule has 0 heterocycles. The predicted octanol–water partition coefficient (Wildman–Crippen LogP) is 4.68. The van der Waals surface area contributed by atoms with Gasteiger partial charge >= 0.3 is 6.09 Å². The van der Waals surface area contributed by atoms with Crippen LogP contribution >= 0.6 is 0 Å². The Labute approximate surface area is 134 Å². The van der Waals surface area contributed by atoms with E-state index in [2.05, 4.69) is 6.92 Å². The lowest BCUT2D eigenvalue weighted by Gasteiger charge is -2.32. The number of amides is 1. The van der Waals surface area contributed by atoms with E-state index in [9.17, 15) is 4.79 Å². The van der Waals surface area contributed by atoms with Gasteiger partial charge in [0.25, 0.3) is 0 Å². The van der Waals surface area contributed by atoms with Gasteiger partial charge in [0.2, 0.25) is 0 Å². The molecule has 2 N–H and O–H groups in total. The molecule has 1 rings (SSSR count). The van der Waals surface area contributed by atoms with Gasteiger partial charge in [-0.15, -0.1) is 0 Å². The van der Waals surface area contributed by atoms with Gasteiger partial charge in [-0.3, -0.25) is 0 Å². The van der Waals surface area contributed by atoms with Crippen molar-refractivity contribution in [2.24, 2.45) is 0 Å². The second-order valence-electron chi connectivity index (χ2n) is 6.82. The van der Waals surface area contributed by atoms with Gasteiger partial charge in [0.1, 0.15) is 5.60 Å². The molecule has 1 aromatic rings. The van der Waals surface area contributed by atoms with Crippen LogP contribution < -0.4 is 5.73 Å². The number of anilines is 1. The van der Waals surface area contributed by atoms with Crippen molar-refractivity contribution in [1.82, 2.24) is 4.90 Å². The molecule has 0 saturated carbocycles. The first-order valence-corrected chi connectivity index (χ1v) is 8.01. The molecule has 0 aliphatic heterocycles. The molecule has 4 nitrogen and oxygen atoms in total. The fourth-order valence-electron chi connectivity index (χ4n) is 2.19. The minimum absolute atomic E-state index is 0.0655. The van der Waals surface area contributed by atoms with Crippen molar-refractivity contribution in [1.29, 1.82) is 0 Å². The molecule has 1 atom stereocenters. The first kappa shape index (κ1) is 18.3. The van der Waals surface area contributed by atoms with Crippen LogP contribution in [-0.2, 0) is 4.74 Å². The van der Waals surface area contributed by atoms with Crippen LogP contribution in [0.3, 0.4) is 0 Å². The lowest BCUT2D eigenvalue weighted by Crippen LogP contribution is -2.39. The number of nitrogens with two attached hydrogens (primary N) is 1. The number of nitrogen functional groups attached to an aromatic ring is 1. The largest absolute Gasteiger partial charge is 0.444 e. The molecular weight excluding hydrogens is 276 g/mol. The molecule has 0 saturated heterocycles. The maximum atomic E-state index is 12.5. The first-order chi connectivity index (χ1) is 10.2. The molecule has 0 spiro atoms. The van der Waals surface area contributed by atoms with Crippen LogP contribution in [0.1, 0.15) is 64.6 Å². The minimum atomic E-state index is -0.492. The van der Waals surface area contributed by atoms with Crippen molar-refractivity contribution in [2.45, 2.75) is 66.0 Å². The Morgan fingerprint density at radius 3 is 2.50 bits per heavy atom. The summed E-state index contributed by atoms with van der Waals surface area (Å²) in [6.07, 6.45) is 1.71. The Kier molecular flexibility index (Phi) is 6.27. The molecular formula is C18H30N2O2. The molecule has 0 fully saturated rings. The molecule has 0 aromatic heterocycles. The average Bonchev–Trinajstić information content (AvgIpc) is 2.40. The number of carbonyl (C=O) groups is 1. The molecule has 0 radical (unpaired) electrons. The van der Waals surface area contributed by atoms with Crippen molar-refractivity contribution >= 4 is 11.8 Å². The van der Waals surface area contributed by atoms with Gasteiger partial charge in [-0.25, -0.2) is 4.79 Å². The lowest BCUT2D eigenvalue weighted by atomic mass is 10.0. The van der Waals surface area contributed by atoms with E-state index in [1.807, 2.05) is 52.8 Å². The summed E-state index contributed by atoms with van der Waals surface area (Å²) in [7, 11) is 0. The highest BCUT2D eigenvalue weighted by molar-refractivity contribution is 5.69. The van der Waals surface area contributed by atoms with Gasteiger partial charge in [-0.1, -0.05) is 25.5 Å². The fourth-order valence-corrected chi connectivity index (χ4v) is 2.19. The van der Waals surface area contributed by atoms with Crippen molar-refractivity contribution in [3.05, 3.63) is 29.3 Å². The zero-order valence-corrected chi connectivity index (χ0v) is 14.8. The highest BCUT2D eigenvalue weighted by Crippen LogP contribution is 2.26. The van der Waals surface area contributed by atoms with Crippen molar-refractivity contribution < 1.29 is 9.53 Å². The van der Waals surface area contributed by atoms with Crippen LogP contribution in [0.15, 0.2) is 18.2 Å². The van der Waals surface area contributed by atoms with E-state index in [1.54, 1.807) is 4.90 Å². The number of ether oxygens (including phenoxy) is 1. The van der Waals surface area contributed by atoms with Crippen molar-refractivity contribution in [2.75, 3.05) is 12.3 Å². The smallest absolute Gasteiger partial charge is 0.410 e. The highest BCUT2D eigenvalue weighted by Gasteiger charge is 2.26. The highest BCUT2D eigenvalue weighted by atomic mass is 16.6. The van der Waals surface area contributed by atoms with E-state index in [-0.39, 0.29) is 12.1 Å². The zero-order chi connectivity index (χ0) is 16.9. The van der Waals surface area contributed by atoms with Gasteiger partial charge in [0, 0.05) is 12.2 Å². The van der Waals surface area contributed by atoms with E-state index < -0.39 is 5.60 Å². The van der Waals surface area contributed by atoms with E-state index in [1.165, 1.54) is 0 Å². The number of hydrogen-bond acceptors (Lipinski definition) is 3. The van der Waals surface area contributed by atoms with Gasteiger partial charge in [-0.05, 0) is 58.2 Å². The van der Waals surface area contributed by atoms with Gasteiger partial charge in [-0.2, -0.15) is 0 Å². The first-order valence-electron chi connectivity index (χ1n) is 8.01. The number of nitrogens with zero attached hydrogens (tertiary/aromatic N) is 1. The molecule has 0 bridgehead atoms. The molecule has 22 heavy (non-hydrogen) atoms. The van der Waals surface area contributed by atoms with Crippen LogP contribution in [-0.4, -0.2) is 23.1 Å². The molecule has 1 aromatic carbocycles. The van der Waals surface area contributed by atoms with Crippen LogP contribution in [0, 0.1) is 6.92 Å². The third-order valence-corrected chi connectivity index (χ3v) is 3.63. The van der Waals surface area contributed by atoms with Crippen LogP contribution in [0.5, 0.6) is 0 Å². The Hall–Kier alpha value is -1.71. The number of rotatable bonds is 5. The maximum Gasteiger partial charge on any atom is 0.410 e. The Bertz CT molecular complexity index is 506. The summed E-state index contributed by atoms with van der Waals surface area (Å²) in [5.74, 6) is 0. The summed E-state index contributed by atoms with van der Waals surface area (Å²) in [4.78, 5) is 14.3. The normalized spacial score (nSPS) is 12.8. The number of hydrogen-bond donors (Lipinski definition) is 1. The van der Waals surface area contributed by atoms with E-state index in [0.29, 0.717) is 6.54 Å². The minimum Gasteiger partial charge on any atom is -0.444 e. The summed E-state index contributed by atoms with van der Waals surface area (Å²) in [5.41, 5.74) is 8.34. The number of aryl methyl sites for hydroxylation is 1. The summed E-state index contributed by atoms with van der Waals surface area (Å²) in [5, 5.41) is 0. The predicted molar refractivity (Wildman–Crippen MR) is 91.9 cm³/mol. The van der Waals surface area contributed by atoms with E-state index in [4.69, 9.17) is 10.5 Å². The van der Waals surface area contributed by atoms with Gasteiger partial charge in [0.15, 0.2) is 0 Å². The lowest BCUT2D eigenvalue weighted by molar-refractivity contribution is 0.0170. The molecule has 4 heteroatoms. The standard InChI is InChI=1S/C18H30N2O2/c1-7-8-11-20(17(21)22-18(4,5)6)14(3)15-10-9-13(2)16(19)12-15/h9-10,12,14H,7-8,11,19H2,1-6H3/t14-/m0/s1. The molecule has 0 unspecified atom stereocenters. The Balaban J connectivity index is 2.98. The molecule has 1 amide bonds. The van der Waals surface area contributed by atoms with Crippen molar-refractivity contribution in [3.8, 4) is 0 Å². The monoisotopic (exact) mass is 306 g/mol. The van der Waals surface area contributed by atoms with Crippen LogP contribution in [0.2, 0.25) is 0 Å². The quantitative estimate of drug-likeness (QED) is 0.804. The third kappa shape index (κ3) is 5.24. The average molecular weight is 306 g/mol. The fraction of sp³-hybridized carbons (Fsp3) is 0.611. The topological polar surface area (TPSA) is 55.6 Å². The van der Waals surface area contributed by atoms with E-state index in [0.717, 1.165) is 29.7 Å². The maximum absolute atomic E-state index is 12.5. The SMILES string of the molecule is CCCCN(C(=O)OC(C)(C)C)[C@@H](C)c1ccc(C)c(N)c1. The van der Waals surface area contributed by atoms with Gasteiger partial charge in [0.05, 0.1) is 6.04 Å². The van der Waals surface area contributed by atoms with E-state index >= 15 is 0 Å². The summed E-state index contributed by atoms with van der Waals surface area (Å²) >= 11 is 0. The molecule has 124 valence electrons. The third-order valence-electron chi connectivity index (χ3n) is 3.63.